The first-order valence-corrected chi connectivity index (χ1v) is 10.4. The molecule has 2 amide bonds. The number of carbonyl (C=O) groups excluding carboxylic acids is 1. The van der Waals surface area contributed by atoms with E-state index < -0.39 is 23.7 Å². The number of amides is 2. The van der Waals surface area contributed by atoms with Crippen molar-refractivity contribution in [2.45, 2.75) is 12.6 Å². The molecule has 3 aromatic carbocycles. The van der Waals surface area contributed by atoms with Crippen LogP contribution in [0.4, 0.5) is 19.3 Å². The van der Waals surface area contributed by atoms with Crippen molar-refractivity contribution in [2.75, 3.05) is 5.32 Å². The molecule has 4 aromatic rings. The van der Waals surface area contributed by atoms with Crippen molar-refractivity contribution < 1.29 is 13.6 Å². The van der Waals surface area contributed by atoms with E-state index in [1.54, 1.807) is 11.0 Å². The minimum Gasteiger partial charge on any atom is -0.318 e. The molecule has 1 aromatic heterocycles. The second-order valence-corrected chi connectivity index (χ2v) is 8.01. The fourth-order valence-electron chi connectivity index (χ4n) is 4.14. The van der Waals surface area contributed by atoms with Crippen LogP contribution in [0.3, 0.4) is 0 Å². The van der Waals surface area contributed by atoms with Gasteiger partial charge in [-0.2, -0.15) is 0 Å². The number of hydrogen-bond acceptors (Lipinski definition) is 1. The molecule has 0 saturated heterocycles. The van der Waals surface area contributed by atoms with E-state index in [2.05, 4.69) is 5.32 Å². The quantitative estimate of drug-likeness (QED) is 0.370. The van der Waals surface area contributed by atoms with Gasteiger partial charge in [-0.1, -0.05) is 41.9 Å². The number of aromatic nitrogens is 1. The van der Waals surface area contributed by atoms with Gasteiger partial charge in [0.25, 0.3) is 0 Å². The smallest absolute Gasteiger partial charge is 0.318 e. The zero-order valence-electron chi connectivity index (χ0n) is 16.8. The summed E-state index contributed by atoms with van der Waals surface area (Å²) >= 11 is 6.28. The minimum atomic E-state index is -0.837. The zero-order valence-corrected chi connectivity index (χ0v) is 17.6. The van der Waals surface area contributed by atoms with Gasteiger partial charge in [-0.15, -0.1) is 0 Å². The number of rotatable bonds is 2. The summed E-state index contributed by atoms with van der Waals surface area (Å²) in [6, 6.07) is 21.1. The highest BCUT2D eigenvalue weighted by Gasteiger charge is 2.33. The van der Waals surface area contributed by atoms with Crippen LogP contribution in [0.1, 0.15) is 22.9 Å². The highest BCUT2D eigenvalue weighted by Crippen LogP contribution is 2.37. The van der Waals surface area contributed by atoms with Crippen molar-refractivity contribution in [1.29, 1.82) is 0 Å². The molecule has 0 spiro atoms. The second kappa shape index (κ2) is 8.13. The molecule has 0 fully saturated rings. The summed E-state index contributed by atoms with van der Waals surface area (Å²) in [4.78, 5) is 15.1. The Hall–Kier alpha value is -3.64. The van der Waals surface area contributed by atoms with Gasteiger partial charge in [0.15, 0.2) is 0 Å². The molecule has 2 heterocycles. The van der Waals surface area contributed by atoms with Crippen LogP contribution in [0.15, 0.2) is 85.1 Å². The summed E-state index contributed by atoms with van der Waals surface area (Å²) in [5.74, 6) is -1.55. The number of carbonyl (C=O) groups is 1. The normalized spacial score (nSPS) is 15.0. The second-order valence-electron chi connectivity index (χ2n) is 7.57. The Labute approximate surface area is 188 Å². The van der Waals surface area contributed by atoms with Crippen LogP contribution in [-0.2, 0) is 6.54 Å². The highest BCUT2D eigenvalue weighted by atomic mass is 35.5. The standard InChI is InChI=1S/C25H18ClF2N3O/c26-18-7-3-6-16(13-18)24-23-9-4-12-30(23)22-8-2-1-5-17(22)15-31(24)25(32)29-21-11-10-19(27)14-20(21)28/h1-14,24H,15H2,(H,29,32)/t24-/m0/s1. The van der Waals surface area contributed by atoms with Gasteiger partial charge in [0.2, 0.25) is 0 Å². The fourth-order valence-corrected chi connectivity index (χ4v) is 4.34. The molecule has 0 aliphatic carbocycles. The Morgan fingerprint density at radius 2 is 1.81 bits per heavy atom. The molecule has 1 aliphatic heterocycles. The molecular formula is C25H18ClF2N3O. The number of nitrogens with one attached hydrogen (secondary N) is 1. The fraction of sp³-hybridized carbons (Fsp3) is 0.0800. The van der Waals surface area contributed by atoms with Crippen molar-refractivity contribution in [3.8, 4) is 5.69 Å². The van der Waals surface area contributed by atoms with Gasteiger partial charge in [-0.05, 0) is 53.6 Å². The number of hydrogen-bond donors (Lipinski definition) is 1. The van der Waals surface area contributed by atoms with Gasteiger partial charge in [0, 0.05) is 23.0 Å². The number of urea groups is 1. The van der Waals surface area contributed by atoms with E-state index in [9.17, 15) is 13.6 Å². The molecule has 32 heavy (non-hydrogen) atoms. The van der Waals surface area contributed by atoms with Gasteiger partial charge in [0.05, 0.1) is 24.0 Å². The molecule has 7 heteroatoms. The van der Waals surface area contributed by atoms with Crippen LogP contribution in [-0.4, -0.2) is 15.5 Å². The van der Waals surface area contributed by atoms with E-state index in [4.69, 9.17) is 11.6 Å². The number of benzene rings is 3. The van der Waals surface area contributed by atoms with Crippen LogP contribution < -0.4 is 5.32 Å². The molecule has 0 radical (unpaired) electrons. The van der Waals surface area contributed by atoms with Gasteiger partial charge in [-0.25, -0.2) is 13.6 Å². The Morgan fingerprint density at radius 1 is 0.969 bits per heavy atom. The van der Waals surface area contributed by atoms with E-state index in [1.165, 1.54) is 6.07 Å². The third-order valence-corrected chi connectivity index (χ3v) is 5.80. The first-order valence-electron chi connectivity index (χ1n) is 10.0. The van der Waals surface area contributed by atoms with Crippen LogP contribution in [0.2, 0.25) is 5.02 Å². The van der Waals surface area contributed by atoms with E-state index in [0.717, 1.165) is 34.6 Å². The van der Waals surface area contributed by atoms with Crippen molar-refractivity contribution in [1.82, 2.24) is 9.47 Å². The number of anilines is 1. The van der Waals surface area contributed by atoms with Crippen LogP contribution in [0.25, 0.3) is 5.69 Å². The summed E-state index contributed by atoms with van der Waals surface area (Å²) in [5.41, 5.74) is 3.49. The first kappa shape index (κ1) is 20.3. The average Bonchev–Trinajstić information content (AvgIpc) is 3.20. The Bertz CT molecular complexity index is 1320. The highest BCUT2D eigenvalue weighted by molar-refractivity contribution is 6.30. The third kappa shape index (κ3) is 3.63. The Morgan fingerprint density at radius 3 is 2.62 bits per heavy atom. The Kier molecular flexibility index (Phi) is 5.15. The van der Waals surface area contributed by atoms with Gasteiger partial charge >= 0.3 is 6.03 Å². The molecular weight excluding hydrogens is 432 g/mol. The lowest BCUT2D eigenvalue weighted by molar-refractivity contribution is 0.194. The molecule has 0 bridgehead atoms. The van der Waals surface area contributed by atoms with Gasteiger partial charge in [-0.3, -0.25) is 0 Å². The summed E-state index contributed by atoms with van der Waals surface area (Å²) in [6.07, 6.45) is 1.95. The summed E-state index contributed by atoms with van der Waals surface area (Å²) < 4.78 is 29.6. The van der Waals surface area contributed by atoms with Crippen molar-refractivity contribution in [2.24, 2.45) is 0 Å². The number of halogens is 3. The maximum absolute atomic E-state index is 14.3. The monoisotopic (exact) mass is 449 g/mol. The largest absolute Gasteiger partial charge is 0.323 e. The predicted octanol–water partition coefficient (Wildman–Crippen LogP) is 6.55. The molecule has 1 aliphatic rings. The SMILES string of the molecule is O=C(Nc1ccc(F)cc1F)N1Cc2ccccc2-n2cccc2[C@@H]1c1cccc(Cl)c1. The first-order chi connectivity index (χ1) is 15.5. The number of fused-ring (bicyclic) bond motifs is 3. The number of para-hydroxylation sites is 1. The third-order valence-electron chi connectivity index (χ3n) is 5.56. The maximum atomic E-state index is 14.3. The molecule has 4 nitrogen and oxygen atoms in total. The molecule has 0 unspecified atom stereocenters. The van der Waals surface area contributed by atoms with Crippen molar-refractivity contribution in [3.05, 3.63) is 119 Å². The average molecular weight is 450 g/mol. The molecule has 0 saturated carbocycles. The lowest BCUT2D eigenvalue weighted by atomic mass is 10.0. The van der Waals surface area contributed by atoms with Crippen LogP contribution in [0.5, 0.6) is 0 Å². The zero-order chi connectivity index (χ0) is 22.2. The summed E-state index contributed by atoms with van der Waals surface area (Å²) in [7, 11) is 0. The Balaban J connectivity index is 1.64. The van der Waals surface area contributed by atoms with Crippen molar-refractivity contribution in [3.63, 3.8) is 0 Å². The van der Waals surface area contributed by atoms with E-state index >= 15 is 0 Å². The molecule has 160 valence electrons. The van der Waals surface area contributed by atoms with Crippen molar-refractivity contribution >= 4 is 23.3 Å². The molecule has 5 rings (SSSR count). The van der Waals surface area contributed by atoms with E-state index in [1.807, 2.05) is 65.4 Å². The predicted molar refractivity (Wildman–Crippen MR) is 120 cm³/mol. The van der Waals surface area contributed by atoms with Crippen LogP contribution in [0, 0.1) is 11.6 Å². The summed E-state index contributed by atoms with van der Waals surface area (Å²) in [5, 5.41) is 3.15. The lowest BCUT2D eigenvalue weighted by Gasteiger charge is -2.31. The lowest BCUT2D eigenvalue weighted by Crippen LogP contribution is -2.38. The summed E-state index contributed by atoms with van der Waals surface area (Å²) in [6.45, 7) is 0.281. The number of nitrogens with zero attached hydrogens (tertiary/aromatic N) is 2. The molecule has 1 N–H and O–H groups in total. The maximum Gasteiger partial charge on any atom is 0.323 e. The van der Waals surface area contributed by atoms with Gasteiger partial charge < -0.3 is 14.8 Å². The van der Waals surface area contributed by atoms with Crippen LogP contribution >= 0.6 is 11.6 Å². The van der Waals surface area contributed by atoms with E-state index in [-0.39, 0.29) is 12.2 Å². The minimum absolute atomic E-state index is 0.0887. The van der Waals surface area contributed by atoms with E-state index in [0.29, 0.717) is 5.02 Å². The topological polar surface area (TPSA) is 37.3 Å². The molecule has 1 atom stereocenters. The van der Waals surface area contributed by atoms with Gasteiger partial charge in [0.1, 0.15) is 11.6 Å².